The van der Waals surface area contributed by atoms with E-state index < -0.39 is 29.4 Å². The summed E-state index contributed by atoms with van der Waals surface area (Å²) in [6.45, 7) is 0.503. The standard InChI is InChI=1S/C15H21N3O5/c16-14(21)12(17-7-8-3-1-2-4-8)11-9(15(22)18-23)5-6-10(19)13(11)20/h5-6,8,12,17,19-20,23H,1-4,7H2,(H2,16,21)(H,18,22). The van der Waals surface area contributed by atoms with Crippen molar-refractivity contribution in [1.82, 2.24) is 10.8 Å². The number of phenols is 2. The van der Waals surface area contributed by atoms with E-state index in [1.165, 1.54) is 11.5 Å². The van der Waals surface area contributed by atoms with Crippen molar-refractivity contribution in [3.63, 3.8) is 0 Å². The molecule has 7 N–H and O–H groups in total. The van der Waals surface area contributed by atoms with Crippen LogP contribution in [0.4, 0.5) is 0 Å². The smallest absolute Gasteiger partial charge is 0.275 e. The van der Waals surface area contributed by atoms with Crippen LogP contribution in [0.25, 0.3) is 0 Å². The maximum absolute atomic E-state index is 11.8. The Morgan fingerprint density at radius 1 is 1.26 bits per heavy atom. The first kappa shape index (κ1) is 17.0. The molecule has 1 unspecified atom stereocenters. The molecule has 0 spiro atoms. The lowest BCUT2D eigenvalue weighted by molar-refractivity contribution is -0.120. The fourth-order valence-electron chi connectivity index (χ4n) is 2.99. The zero-order chi connectivity index (χ0) is 17.0. The molecular formula is C15H21N3O5. The van der Waals surface area contributed by atoms with Gasteiger partial charge in [0.1, 0.15) is 6.04 Å². The Bertz CT molecular complexity index is 599. The summed E-state index contributed by atoms with van der Waals surface area (Å²) in [4.78, 5) is 23.6. The van der Waals surface area contributed by atoms with Crippen LogP contribution in [0.1, 0.15) is 47.6 Å². The molecule has 0 heterocycles. The van der Waals surface area contributed by atoms with Crippen molar-refractivity contribution in [2.45, 2.75) is 31.7 Å². The molecule has 1 aliphatic rings. The van der Waals surface area contributed by atoms with Gasteiger partial charge in [-0.1, -0.05) is 12.8 Å². The lowest BCUT2D eigenvalue weighted by atomic mass is 9.96. The summed E-state index contributed by atoms with van der Waals surface area (Å²) in [7, 11) is 0. The van der Waals surface area contributed by atoms with Crippen molar-refractivity contribution in [2.75, 3.05) is 6.54 Å². The summed E-state index contributed by atoms with van der Waals surface area (Å²) in [5, 5.41) is 31.5. The Balaban J connectivity index is 2.34. The van der Waals surface area contributed by atoms with Gasteiger partial charge < -0.3 is 21.3 Å². The average Bonchev–Trinajstić information content (AvgIpc) is 3.03. The van der Waals surface area contributed by atoms with Crippen LogP contribution in [0.2, 0.25) is 0 Å². The minimum Gasteiger partial charge on any atom is -0.504 e. The zero-order valence-corrected chi connectivity index (χ0v) is 12.6. The number of carbonyl (C=O) groups excluding carboxylic acids is 2. The number of phenolic OH excluding ortho intramolecular Hbond substituents is 2. The van der Waals surface area contributed by atoms with Crippen LogP contribution in [-0.2, 0) is 4.79 Å². The van der Waals surface area contributed by atoms with E-state index in [1.54, 1.807) is 0 Å². The summed E-state index contributed by atoms with van der Waals surface area (Å²) in [5.41, 5.74) is 6.54. The summed E-state index contributed by atoms with van der Waals surface area (Å²) >= 11 is 0. The van der Waals surface area contributed by atoms with Crippen molar-refractivity contribution in [3.8, 4) is 11.5 Å². The quantitative estimate of drug-likeness (QED) is 0.256. The topological polar surface area (TPSA) is 145 Å². The molecule has 8 heteroatoms. The molecule has 1 fully saturated rings. The molecule has 126 valence electrons. The monoisotopic (exact) mass is 323 g/mol. The highest BCUT2D eigenvalue weighted by atomic mass is 16.5. The Morgan fingerprint density at radius 3 is 2.48 bits per heavy atom. The molecule has 0 aliphatic heterocycles. The first-order chi connectivity index (χ1) is 11.0. The van der Waals surface area contributed by atoms with Gasteiger partial charge in [-0.3, -0.25) is 14.8 Å². The molecule has 23 heavy (non-hydrogen) atoms. The number of nitrogens with two attached hydrogens (primary N) is 1. The maximum atomic E-state index is 11.8. The second-order valence-corrected chi connectivity index (χ2v) is 5.73. The number of rotatable bonds is 6. The van der Waals surface area contributed by atoms with Crippen LogP contribution in [0.5, 0.6) is 11.5 Å². The van der Waals surface area contributed by atoms with E-state index in [4.69, 9.17) is 10.9 Å². The average molecular weight is 323 g/mol. The van der Waals surface area contributed by atoms with Crippen molar-refractivity contribution < 1.29 is 25.0 Å². The zero-order valence-electron chi connectivity index (χ0n) is 12.6. The van der Waals surface area contributed by atoms with Gasteiger partial charge >= 0.3 is 0 Å². The van der Waals surface area contributed by atoms with Gasteiger partial charge in [0, 0.05) is 5.56 Å². The van der Waals surface area contributed by atoms with Crippen LogP contribution in [0.3, 0.4) is 0 Å². The van der Waals surface area contributed by atoms with E-state index >= 15 is 0 Å². The van der Waals surface area contributed by atoms with Crippen LogP contribution in [-0.4, -0.2) is 33.8 Å². The highest BCUT2D eigenvalue weighted by Crippen LogP contribution is 2.36. The largest absolute Gasteiger partial charge is 0.504 e. The molecule has 0 saturated heterocycles. The minimum absolute atomic E-state index is 0.148. The molecule has 1 aromatic rings. The third kappa shape index (κ3) is 3.72. The van der Waals surface area contributed by atoms with Crippen molar-refractivity contribution in [1.29, 1.82) is 0 Å². The molecule has 2 amide bonds. The lowest BCUT2D eigenvalue weighted by Gasteiger charge is -2.22. The molecule has 2 rings (SSSR count). The van der Waals surface area contributed by atoms with Gasteiger partial charge in [-0.25, -0.2) is 5.48 Å². The summed E-state index contributed by atoms with van der Waals surface area (Å²) in [5.74, 6) is -2.41. The Morgan fingerprint density at radius 2 is 1.91 bits per heavy atom. The third-order valence-electron chi connectivity index (χ3n) is 4.20. The van der Waals surface area contributed by atoms with Crippen molar-refractivity contribution in [3.05, 3.63) is 23.3 Å². The van der Waals surface area contributed by atoms with Gasteiger partial charge in [0.25, 0.3) is 5.91 Å². The molecule has 0 aromatic heterocycles. The number of carbonyl (C=O) groups is 2. The third-order valence-corrected chi connectivity index (χ3v) is 4.20. The number of hydrogen-bond donors (Lipinski definition) is 6. The first-order valence-electron chi connectivity index (χ1n) is 7.47. The van der Waals surface area contributed by atoms with Gasteiger partial charge in [0.15, 0.2) is 11.5 Å². The minimum atomic E-state index is -1.16. The molecule has 1 aromatic carbocycles. The molecule has 1 aliphatic carbocycles. The molecule has 8 nitrogen and oxygen atoms in total. The number of nitrogens with one attached hydrogen (secondary N) is 2. The fourth-order valence-corrected chi connectivity index (χ4v) is 2.99. The van der Waals surface area contributed by atoms with E-state index in [2.05, 4.69) is 5.32 Å². The highest BCUT2D eigenvalue weighted by molar-refractivity contribution is 5.98. The number of primary amides is 1. The molecule has 1 atom stereocenters. The van der Waals surface area contributed by atoms with E-state index in [-0.39, 0.29) is 11.1 Å². The summed E-state index contributed by atoms with van der Waals surface area (Å²) in [6.07, 6.45) is 4.33. The van der Waals surface area contributed by atoms with Crippen LogP contribution < -0.4 is 16.5 Å². The fraction of sp³-hybridized carbons (Fsp3) is 0.467. The van der Waals surface area contributed by atoms with Crippen LogP contribution in [0.15, 0.2) is 12.1 Å². The number of benzene rings is 1. The molecule has 0 radical (unpaired) electrons. The van der Waals surface area contributed by atoms with E-state index in [9.17, 15) is 19.8 Å². The molecule has 1 saturated carbocycles. The number of hydroxylamine groups is 1. The van der Waals surface area contributed by atoms with Gasteiger partial charge in [0.05, 0.1) is 5.56 Å². The van der Waals surface area contributed by atoms with E-state index in [0.29, 0.717) is 12.5 Å². The van der Waals surface area contributed by atoms with Gasteiger partial charge in [-0.2, -0.15) is 0 Å². The van der Waals surface area contributed by atoms with Crippen LogP contribution in [0, 0.1) is 5.92 Å². The normalized spacial score (nSPS) is 16.2. The maximum Gasteiger partial charge on any atom is 0.275 e. The Labute approximate surface area is 133 Å². The van der Waals surface area contributed by atoms with Gasteiger partial charge in [-0.15, -0.1) is 0 Å². The molecule has 0 bridgehead atoms. The highest BCUT2D eigenvalue weighted by Gasteiger charge is 2.29. The second-order valence-electron chi connectivity index (χ2n) is 5.73. The number of amides is 2. The SMILES string of the molecule is NC(=O)C(NCC1CCCC1)c1c(C(=O)NO)ccc(O)c1O. The number of aromatic hydroxyl groups is 2. The lowest BCUT2D eigenvalue weighted by Crippen LogP contribution is -2.37. The predicted molar refractivity (Wildman–Crippen MR) is 80.9 cm³/mol. The van der Waals surface area contributed by atoms with Crippen molar-refractivity contribution >= 4 is 11.8 Å². The van der Waals surface area contributed by atoms with E-state index in [1.807, 2.05) is 0 Å². The second kappa shape index (κ2) is 7.30. The van der Waals surface area contributed by atoms with Gasteiger partial charge in [-0.05, 0) is 37.4 Å². The summed E-state index contributed by atoms with van der Waals surface area (Å²) in [6, 6.07) is 1.14. The predicted octanol–water partition coefficient (Wildman–Crippen LogP) is 0.523. The molecular weight excluding hydrogens is 302 g/mol. The van der Waals surface area contributed by atoms with Gasteiger partial charge in [0.2, 0.25) is 5.91 Å². The first-order valence-corrected chi connectivity index (χ1v) is 7.47. The summed E-state index contributed by atoms with van der Waals surface area (Å²) < 4.78 is 0. The Hall–Kier alpha value is -2.32. The van der Waals surface area contributed by atoms with Crippen molar-refractivity contribution in [2.24, 2.45) is 11.7 Å². The van der Waals surface area contributed by atoms with E-state index in [0.717, 1.165) is 31.7 Å². The Kier molecular flexibility index (Phi) is 5.41. The number of hydrogen-bond acceptors (Lipinski definition) is 6. The van der Waals surface area contributed by atoms with Crippen LogP contribution >= 0.6 is 0 Å².